The number of benzene rings is 1. The predicted molar refractivity (Wildman–Crippen MR) is 139 cm³/mol. The lowest BCUT2D eigenvalue weighted by Gasteiger charge is -2.55. The van der Waals surface area contributed by atoms with Gasteiger partial charge < -0.3 is 14.2 Å². The Labute approximate surface area is 223 Å². The molecule has 1 aliphatic heterocycles. The van der Waals surface area contributed by atoms with E-state index in [1.807, 2.05) is 39.0 Å². The minimum atomic E-state index is -1.14. The number of Topliss-reactive ketones (excluding diaryl/α,β-unsaturated/α-hetero) is 1. The molecule has 0 amide bonds. The number of fused-ring (bicyclic) bond motifs is 3. The van der Waals surface area contributed by atoms with Crippen LogP contribution in [0.1, 0.15) is 65.2 Å². The first-order valence-corrected chi connectivity index (χ1v) is 13.4. The van der Waals surface area contributed by atoms with Gasteiger partial charge in [0, 0.05) is 41.1 Å². The van der Waals surface area contributed by atoms with Crippen LogP contribution in [0.5, 0.6) is 0 Å². The van der Waals surface area contributed by atoms with Crippen LogP contribution in [0.3, 0.4) is 0 Å². The summed E-state index contributed by atoms with van der Waals surface area (Å²) in [6, 6.07) is 8.67. The molecule has 2 saturated carbocycles. The molecule has 202 valence electrons. The van der Waals surface area contributed by atoms with Crippen molar-refractivity contribution in [1.82, 2.24) is 0 Å². The maximum atomic E-state index is 13.5. The molecule has 0 bridgehead atoms. The first kappa shape index (κ1) is 26.4. The second-order valence-electron chi connectivity index (χ2n) is 12.3. The van der Waals surface area contributed by atoms with Gasteiger partial charge in [-0.1, -0.05) is 65.0 Å². The molecule has 2 fully saturated rings. The third-order valence-corrected chi connectivity index (χ3v) is 9.51. The van der Waals surface area contributed by atoms with E-state index in [4.69, 9.17) is 14.2 Å². The molecular formula is C31H36O7. The molecule has 0 spiro atoms. The van der Waals surface area contributed by atoms with Crippen molar-refractivity contribution in [2.45, 2.75) is 72.2 Å². The summed E-state index contributed by atoms with van der Waals surface area (Å²) in [6.07, 6.45) is 3.13. The number of hydrogen-bond acceptors (Lipinski definition) is 7. The fourth-order valence-corrected chi connectivity index (χ4v) is 7.44. The van der Waals surface area contributed by atoms with Gasteiger partial charge in [0.1, 0.15) is 11.7 Å². The van der Waals surface area contributed by atoms with E-state index < -0.39 is 46.5 Å². The number of carbonyl (C=O) groups excluding carboxylic acids is 4. The molecule has 5 rings (SSSR count). The Kier molecular flexibility index (Phi) is 6.01. The maximum absolute atomic E-state index is 13.5. The van der Waals surface area contributed by atoms with E-state index in [0.29, 0.717) is 16.7 Å². The van der Waals surface area contributed by atoms with Gasteiger partial charge in [-0.15, -0.1) is 0 Å². The summed E-state index contributed by atoms with van der Waals surface area (Å²) >= 11 is 0. The molecule has 2 unspecified atom stereocenters. The molecular weight excluding hydrogens is 484 g/mol. The Bertz CT molecular complexity index is 1270. The predicted octanol–water partition coefficient (Wildman–Crippen LogP) is 4.85. The van der Waals surface area contributed by atoms with Crippen LogP contribution in [-0.4, -0.2) is 41.0 Å². The fourth-order valence-electron chi connectivity index (χ4n) is 7.44. The number of ketones is 1. The molecule has 7 heteroatoms. The van der Waals surface area contributed by atoms with Crippen molar-refractivity contribution in [1.29, 1.82) is 0 Å². The molecule has 4 aliphatic rings. The van der Waals surface area contributed by atoms with Crippen LogP contribution in [0.15, 0.2) is 53.6 Å². The smallest absolute Gasteiger partial charge is 0.338 e. The first-order chi connectivity index (χ1) is 17.8. The molecule has 0 saturated heterocycles. The molecule has 0 N–H and O–H groups in total. The van der Waals surface area contributed by atoms with Crippen LogP contribution < -0.4 is 0 Å². The molecule has 1 aromatic rings. The van der Waals surface area contributed by atoms with E-state index in [0.717, 1.165) is 0 Å². The summed E-state index contributed by atoms with van der Waals surface area (Å²) in [7, 11) is 0. The second kappa shape index (κ2) is 8.65. The zero-order chi connectivity index (χ0) is 27.8. The zero-order valence-electron chi connectivity index (χ0n) is 23.1. The van der Waals surface area contributed by atoms with E-state index in [9.17, 15) is 19.2 Å². The third-order valence-electron chi connectivity index (χ3n) is 9.51. The van der Waals surface area contributed by atoms with Crippen molar-refractivity contribution < 1.29 is 33.4 Å². The fraction of sp³-hybridized carbons (Fsp3) is 0.548. The average Bonchev–Trinajstić information content (AvgIpc) is 3.14. The quantitative estimate of drug-likeness (QED) is 0.405. The number of carbonyl (C=O) groups is 4. The summed E-state index contributed by atoms with van der Waals surface area (Å²) in [5, 5.41) is 0. The van der Waals surface area contributed by atoms with Crippen LogP contribution in [0.2, 0.25) is 0 Å². The third kappa shape index (κ3) is 3.46. The SMILES string of the molecule is CC1=CC(C23OC(=O)C(C)=C[C@H]2[C@@H]2C(C)(C)[C@]2(OC(=O)C(C)C)[C@H](OC(=O)c2ccccc2)[C@H]3C)CC1=O. The number of hydrogen-bond donors (Lipinski definition) is 0. The van der Waals surface area contributed by atoms with Gasteiger partial charge in [0.15, 0.2) is 11.4 Å². The highest BCUT2D eigenvalue weighted by molar-refractivity contribution is 5.98. The van der Waals surface area contributed by atoms with Gasteiger partial charge in [-0.2, -0.15) is 0 Å². The average molecular weight is 521 g/mol. The summed E-state index contributed by atoms with van der Waals surface area (Å²) in [4.78, 5) is 52.4. The van der Waals surface area contributed by atoms with Gasteiger partial charge in [0.2, 0.25) is 0 Å². The van der Waals surface area contributed by atoms with Crippen LogP contribution in [0.4, 0.5) is 0 Å². The van der Waals surface area contributed by atoms with Gasteiger partial charge in [0.25, 0.3) is 0 Å². The Morgan fingerprint density at radius 2 is 1.68 bits per heavy atom. The Morgan fingerprint density at radius 3 is 2.26 bits per heavy atom. The van der Waals surface area contributed by atoms with Crippen LogP contribution >= 0.6 is 0 Å². The Balaban J connectivity index is 1.69. The Hall–Kier alpha value is -3.22. The summed E-state index contributed by atoms with van der Waals surface area (Å²) in [5.74, 6) is -3.34. The number of allylic oxidation sites excluding steroid dienone is 1. The van der Waals surface area contributed by atoms with Crippen LogP contribution in [0, 0.1) is 35.0 Å². The molecule has 3 aliphatic carbocycles. The van der Waals surface area contributed by atoms with E-state index in [1.54, 1.807) is 52.0 Å². The monoisotopic (exact) mass is 520 g/mol. The van der Waals surface area contributed by atoms with Crippen LogP contribution in [0.25, 0.3) is 0 Å². The summed E-state index contributed by atoms with van der Waals surface area (Å²) in [5.41, 5.74) is -1.37. The van der Waals surface area contributed by atoms with Crippen LogP contribution in [-0.2, 0) is 28.6 Å². The lowest BCUT2D eigenvalue weighted by Crippen LogP contribution is -2.66. The van der Waals surface area contributed by atoms with Crippen molar-refractivity contribution in [3.8, 4) is 0 Å². The van der Waals surface area contributed by atoms with Crippen molar-refractivity contribution in [3.05, 3.63) is 59.2 Å². The normalized spacial score (nSPS) is 36.9. The molecule has 0 aromatic heterocycles. The number of rotatable bonds is 5. The van der Waals surface area contributed by atoms with E-state index in [2.05, 4.69) is 0 Å². The molecule has 1 heterocycles. The lowest BCUT2D eigenvalue weighted by atomic mass is 9.59. The first-order valence-electron chi connectivity index (χ1n) is 13.4. The van der Waals surface area contributed by atoms with Gasteiger partial charge in [0.05, 0.1) is 11.5 Å². The molecule has 7 atom stereocenters. The highest BCUT2D eigenvalue weighted by atomic mass is 16.6. The summed E-state index contributed by atoms with van der Waals surface area (Å²) < 4.78 is 19.0. The maximum Gasteiger partial charge on any atom is 0.338 e. The summed E-state index contributed by atoms with van der Waals surface area (Å²) in [6.45, 7) is 12.9. The van der Waals surface area contributed by atoms with Gasteiger partial charge >= 0.3 is 17.9 Å². The molecule has 7 nitrogen and oxygen atoms in total. The minimum absolute atomic E-state index is 0.00797. The van der Waals surface area contributed by atoms with E-state index in [1.165, 1.54) is 0 Å². The highest BCUT2D eigenvalue weighted by Gasteiger charge is 2.88. The highest BCUT2D eigenvalue weighted by Crippen LogP contribution is 2.77. The largest absolute Gasteiger partial charge is 0.454 e. The lowest BCUT2D eigenvalue weighted by molar-refractivity contribution is -0.225. The second-order valence-corrected chi connectivity index (χ2v) is 12.3. The minimum Gasteiger partial charge on any atom is -0.454 e. The zero-order valence-corrected chi connectivity index (χ0v) is 23.1. The number of ether oxygens (including phenoxy) is 3. The van der Waals surface area contributed by atoms with Gasteiger partial charge in [-0.25, -0.2) is 9.59 Å². The molecule has 0 radical (unpaired) electrons. The Morgan fingerprint density at radius 1 is 1.03 bits per heavy atom. The topological polar surface area (TPSA) is 96.0 Å². The molecule has 1 aromatic carbocycles. The van der Waals surface area contributed by atoms with Crippen molar-refractivity contribution in [2.24, 2.45) is 35.0 Å². The standard InChI is InChI=1S/C31H36O7/c1-16(2)26(33)38-31-24(29(31,6)7)22-14-18(4)27(34)37-30(22,21-13-17(3)23(32)15-21)19(5)25(31)36-28(35)20-11-9-8-10-12-20/h8-14,16,19,21-22,24-25H,15H2,1-7H3/t19-,21?,22+,24-,25-,30?,31-/m1/s1. The van der Waals surface area contributed by atoms with Crippen molar-refractivity contribution in [2.75, 3.05) is 0 Å². The van der Waals surface area contributed by atoms with Gasteiger partial charge in [-0.05, 0) is 31.6 Å². The van der Waals surface area contributed by atoms with Crippen molar-refractivity contribution >= 4 is 23.7 Å². The molecule has 38 heavy (non-hydrogen) atoms. The van der Waals surface area contributed by atoms with E-state index >= 15 is 0 Å². The van der Waals surface area contributed by atoms with Crippen molar-refractivity contribution in [3.63, 3.8) is 0 Å². The van der Waals surface area contributed by atoms with Gasteiger partial charge in [-0.3, -0.25) is 9.59 Å². The van der Waals surface area contributed by atoms with E-state index in [-0.39, 0.29) is 35.9 Å². The number of esters is 3.